The summed E-state index contributed by atoms with van der Waals surface area (Å²) in [7, 11) is 0. The Labute approximate surface area is 99.1 Å². The number of hydrogen-bond donors (Lipinski definition) is 0. The van der Waals surface area contributed by atoms with Crippen molar-refractivity contribution in [2.24, 2.45) is 5.92 Å². The van der Waals surface area contributed by atoms with Crippen molar-refractivity contribution in [1.82, 2.24) is 0 Å². The molecular formula is C14H24O2. The number of carbonyl (C=O) groups is 1. The van der Waals surface area contributed by atoms with Crippen LogP contribution in [0.2, 0.25) is 0 Å². The largest absolute Gasteiger partial charge is 0.435 e. The van der Waals surface area contributed by atoms with E-state index in [0.29, 0.717) is 6.42 Å². The maximum absolute atomic E-state index is 11.0. The highest BCUT2D eigenvalue weighted by molar-refractivity contribution is 5.69. The van der Waals surface area contributed by atoms with Crippen LogP contribution < -0.4 is 0 Å². The van der Waals surface area contributed by atoms with Gasteiger partial charge in [0, 0.05) is 6.42 Å². The molecule has 92 valence electrons. The predicted octanol–water partition coefficient (Wildman–Crippen LogP) is 4.20. The third-order valence-corrected chi connectivity index (χ3v) is 3.43. The molecule has 0 amide bonds. The molecule has 0 aromatic heterocycles. The predicted molar refractivity (Wildman–Crippen MR) is 65.9 cm³/mol. The average Bonchev–Trinajstić information content (AvgIpc) is 2.30. The fourth-order valence-corrected chi connectivity index (χ4v) is 2.51. The summed E-state index contributed by atoms with van der Waals surface area (Å²) in [4.78, 5) is 11.0. The summed E-state index contributed by atoms with van der Waals surface area (Å²) in [6.45, 7) is 3.36. The molecule has 1 aliphatic rings. The summed E-state index contributed by atoms with van der Waals surface area (Å²) in [5, 5.41) is 0. The van der Waals surface area contributed by atoms with E-state index in [4.69, 9.17) is 0 Å². The van der Waals surface area contributed by atoms with Crippen LogP contribution in [0.15, 0.2) is 12.8 Å². The zero-order valence-corrected chi connectivity index (χ0v) is 10.2. The molecular weight excluding hydrogens is 200 g/mol. The van der Waals surface area contributed by atoms with Crippen LogP contribution in [0.5, 0.6) is 0 Å². The van der Waals surface area contributed by atoms with Crippen LogP contribution in [0.1, 0.15) is 64.2 Å². The lowest BCUT2D eigenvalue weighted by Crippen LogP contribution is -2.06. The topological polar surface area (TPSA) is 26.3 Å². The van der Waals surface area contributed by atoms with Gasteiger partial charge in [-0.2, -0.15) is 0 Å². The quantitative estimate of drug-likeness (QED) is 0.368. The highest BCUT2D eigenvalue weighted by Crippen LogP contribution is 2.27. The normalized spacial score (nSPS) is 17.0. The second-order valence-electron chi connectivity index (χ2n) is 4.76. The summed E-state index contributed by atoms with van der Waals surface area (Å²) < 4.78 is 4.66. The van der Waals surface area contributed by atoms with Crippen LogP contribution in [0.4, 0.5) is 0 Å². The number of ether oxygens (including phenoxy) is 1. The molecule has 0 saturated heterocycles. The van der Waals surface area contributed by atoms with Gasteiger partial charge in [0.1, 0.15) is 0 Å². The van der Waals surface area contributed by atoms with E-state index in [2.05, 4.69) is 11.3 Å². The summed E-state index contributed by atoms with van der Waals surface area (Å²) in [5.41, 5.74) is 0. The second-order valence-corrected chi connectivity index (χ2v) is 4.76. The summed E-state index contributed by atoms with van der Waals surface area (Å²) >= 11 is 0. The highest BCUT2D eigenvalue weighted by Gasteiger charge is 2.12. The molecule has 0 aliphatic heterocycles. The molecule has 0 aromatic rings. The Kier molecular flexibility index (Phi) is 6.95. The molecule has 16 heavy (non-hydrogen) atoms. The smallest absolute Gasteiger partial charge is 0.310 e. The standard InChI is InChI=1S/C14H24O2/c1-2-16-14(15)12-8-4-7-11-13-9-5-3-6-10-13/h2,13H,1,3-12H2. The number of carbonyl (C=O) groups excluding carboxylic acids is 1. The van der Waals surface area contributed by atoms with Gasteiger partial charge in [-0.1, -0.05) is 57.9 Å². The third kappa shape index (κ3) is 5.94. The molecule has 1 saturated carbocycles. The zero-order valence-electron chi connectivity index (χ0n) is 10.2. The Morgan fingerprint density at radius 2 is 1.94 bits per heavy atom. The van der Waals surface area contributed by atoms with Crippen LogP contribution >= 0.6 is 0 Å². The maximum atomic E-state index is 11.0. The fourth-order valence-electron chi connectivity index (χ4n) is 2.51. The van der Waals surface area contributed by atoms with Crippen molar-refractivity contribution in [3.63, 3.8) is 0 Å². The van der Waals surface area contributed by atoms with Crippen LogP contribution in [-0.2, 0) is 9.53 Å². The van der Waals surface area contributed by atoms with E-state index in [-0.39, 0.29) is 5.97 Å². The van der Waals surface area contributed by atoms with Crippen LogP contribution in [0.25, 0.3) is 0 Å². The van der Waals surface area contributed by atoms with Crippen molar-refractivity contribution in [1.29, 1.82) is 0 Å². The Morgan fingerprint density at radius 3 is 2.62 bits per heavy atom. The molecule has 0 heterocycles. The second kappa shape index (κ2) is 8.37. The van der Waals surface area contributed by atoms with Crippen molar-refractivity contribution < 1.29 is 9.53 Å². The minimum absolute atomic E-state index is 0.146. The molecule has 0 unspecified atom stereocenters. The number of rotatable bonds is 7. The van der Waals surface area contributed by atoms with E-state index in [1.807, 2.05) is 0 Å². The van der Waals surface area contributed by atoms with Gasteiger partial charge in [-0.3, -0.25) is 4.79 Å². The van der Waals surface area contributed by atoms with E-state index in [1.165, 1.54) is 51.2 Å². The summed E-state index contributed by atoms with van der Waals surface area (Å²) in [6, 6.07) is 0. The van der Waals surface area contributed by atoms with Crippen molar-refractivity contribution in [2.45, 2.75) is 64.2 Å². The lowest BCUT2D eigenvalue weighted by Gasteiger charge is -2.21. The minimum Gasteiger partial charge on any atom is -0.435 e. The maximum Gasteiger partial charge on any atom is 0.310 e. The van der Waals surface area contributed by atoms with Gasteiger partial charge in [-0.05, 0) is 12.3 Å². The molecule has 0 N–H and O–H groups in total. The number of hydrogen-bond acceptors (Lipinski definition) is 2. The average molecular weight is 224 g/mol. The van der Waals surface area contributed by atoms with Crippen molar-refractivity contribution in [3.05, 3.63) is 12.8 Å². The fraction of sp³-hybridized carbons (Fsp3) is 0.786. The SMILES string of the molecule is C=COC(=O)CCCCCC1CCCCC1. The van der Waals surface area contributed by atoms with Gasteiger partial charge in [-0.25, -0.2) is 0 Å². The highest BCUT2D eigenvalue weighted by atomic mass is 16.5. The van der Waals surface area contributed by atoms with Gasteiger partial charge in [0.05, 0.1) is 6.26 Å². The summed E-state index contributed by atoms with van der Waals surface area (Å²) in [6.07, 6.45) is 13.6. The number of unbranched alkanes of at least 4 members (excludes halogenated alkanes) is 2. The molecule has 0 atom stereocenters. The van der Waals surface area contributed by atoms with Crippen LogP contribution in [0, 0.1) is 5.92 Å². The van der Waals surface area contributed by atoms with Crippen LogP contribution in [-0.4, -0.2) is 5.97 Å². The van der Waals surface area contributed by atoms with Gasteiger partial charge < -0.3 is 4.74 Å². The van der Waals surface area contributed by atoms with E-state index in [0.717, 1.165) is 18.8 Å². The molecule has 0 spiro atoms. The Morgan fingerprint density at radius 1 is 1.19 bits per heavy atom. The van der Waals surface area contributed by atoms with E-state index >= 15 is 0 Å². The molecule has 2 heteroatoms. The van der Waals surface area contributed by atoms with Crippen molar-refractivity contribution in [2.75, 3.05) is 0 Å². The van der Waals surface area contributed by atoms with Gasteiger partial charge in [0.15, 0.2) is 0 Å². The monoisotopic (exact) mass is 224 g/mol. The third-order valence-electron chi connectivity index (χ3n) is 3.43. The molecule has 0 aromatic carbocycles. The molecule has 1 rings (SSSR count). The van der Waals surface area contributed by atoms with Crippen molar-refractivity contribution in [3.8, 4) is 0 Å². The van der Waals surface area contributed by atoms with Gasteiger partial charge >= 0.3 is 5.97 Å². The first-order valence-corrected chi connectivity index (χ1v) is 6.63. The van der Waals surface area contributed by atoms with E-state index < -0.39 is 0 Å². The van der Waals surface area contributed by atoms with Crippen LogP contribution in [0.3, 0.4) is 0 Å². The first-order valence-electron chi connectivity index (χ1n) is 6.63. The molecule has 1 fully saturated rings. The van der Waals surface area contributed by atoms with Gasteiger partial charge in [-0.15, -0.1) is 0 Å². The Balaban J connectivity index is 1.91. The first-order chi connectivity index (χ1) is 7.83. The van der Waals surface area contributed by atoms with Gasteiger partial charge in [0.2, 0.25) is 0 Å². The summed E-state index contributed by atoms with van der Waals surface area (Å²) in [5.74, 6) is 0.821. The molecule has 0 radical (unpaired) electrons. The van der Waals surface area contributed by atoms with E-state index in [9.17, 15) is 4.79 Å². The minimum atomic E-state index is -0.146. The molecule has 1 aliphatic carbocycles. The lowest BCUT2D eigenvalue weighted by molar-refractivity contribution is -0.138. The van der Waals surface area contributed by atoms with Crippen molar-refractivity contribution >= 4 is 5.97 Å². The number of esters is 1. The first kappa shape index (κ1) is 13.3. The zero-order chi connectivity index (χ0) is 11.6. The molecule has 0 bridgehead atoms. The Bertz CT molecular complexity index is 205. The molecule has 2 nitrogen and oxygen atoms in total. The lowest BCUT2D eigenvalue weighted by atomic mass is 9.85. The Hall–Kier alpha value is -0.790. The van der Waals surface area contributed by atoms with Gasteiger partial charge in [0.25, 0.3) is 0 Å². The van der Waals surface area contributed by atoms with E-state index in [1.54, 1.807) is 0 Å².